The van der Waals surface area contributed by atoms with Crippen LogP contribution in [0.2, 0.25) is 0 Å². The molecule has 1 rings (SSSR count). The summed E-state index contributed by atoms with van der Waals surface area (Å²) in [5.74, 6) is 1.08. The topological polar surface area (TPSA) is 26.0 Å². The van der Waals surface area contributed by atoms with Gasteiger partial charge in [-0.05, 0) is 34.8 Å². The van der Waals surface area contributed by atoms with Crippen LogP contribution in [0.5, 0.6) is 0 Å². The van der Waals surface area contributed by atoms with Gasteiger partial charge < -0.3 is 9.40 Å². The molecule has 0 aliphatic rings. The van der Waals surface area contributed by atoms with Crippen molar-refractivity contribution >= 4 is 34.4 Å². The van der Waals surface area contributed by atoms with Crippen molar-refractivity contribution in [1.82, 2.24) is 4.98 Å². The molecule has 0 spiro atoms. The van der Waals surface area contributed by atoms with E-state index >= 15 is 0 Å². The van der Waals surface area contributed by atoms with E-state index in [0.717, 1.165) is 14.7 Å². The molecule has 0 bridgehead atoms. The minimum Gasteiger partial charge on any atom is -0.531 e. The summed E-state index contributed by atoms with van der Waals surface area (Å²) in [5.41, 5.74) is 0. The van der Waals surface area contributed by atoms with E-state index in [0.29, 0.717) is 0 Å². The SMILES string of the molecule is CCCCSc1n[c-]c(I)o1.[Li+]. The summed E-state index contributed by atoms with van der Waals surface area (Å²) in [4.78, 5) is 3.95. The molecule has 0 unspecified atom stereocenters. The van der Waals surface area contributed by atoms with Crippen LogP contribution in [0, 0.1) is 9.96 Å². The van der Waals surface area contributed by atoms with Crippen LogP contribution in [-0.4, -0.2) is 10.7 Å². The molecule has 12 heavy (non-hydrogen) atoms. The Bertz CT molecular complexity index is 219. The fraction of sp³-hybridized carbons (Fsp3) is 0.571. The van der Waals surface area contributed by atoms with Gasteiger partial charge in [0.1, 0.15) is 0 Å². The molecule has 2 nitrogen and oxygen atoms in total. The van der Waals surface area contributed by atoms with E-state index in [1.807, 2.05) is 0 Å². The molecule has 1 heterocycles. The van der Waals surface area contributed by atoms with Gasteiger partial charge in [0.15, 0.2) is 0 Å². The molecule has 0 aliphatic carbocycles. The maximum atomic E-state index is 5.21. The zero-order chi connectivity index (χ0) is 8.10. The zero-order valence-corrected chi connectivity index (χ0v) is 10.2. The predicted molar refractivity (Wildman–Crippen MR) is 53.7 cm³/mol. The Kier molecular flexibility index (Phi) is 7.85. The van der Waals surface area contributed by atoms with E-state index in [2.05, 4.69) is 40.7 Å². The van der Waals surface area contributed by atoms with Crippen molar-refractivity contribution in [3.63, 3.8) is 0 Å². The third-order valence-electron chi connectivity index (χ3n) is 1.14. The number of aromatic nitrogens is 1. The third kappa shape index (κ3) is 4.80. The van der Waals surface area contributed by atoms with Crippen LogP contribution >= 0.6 is 34.4 Å². The molecule has 62 valence electrons. The van der Waals surface area contributed by atoms with Crippen molar-refractivity contribution in [3.05, 3.63) is 9.96 Å². The summed E-state index contributed by atoms with van der Waals surface area (Å²) in [5, 5.41) is 0.739. The normalized spacial score (nSPS) is 9.50. The third-order valence-corrected chi connectivity index (χ3v) is 2.51. The molecule has 0 aliphatic heterocycles. The monoisotopic (exact) mass is 289 g/mol. The number of thioether (sulfide) groups is 1. The fourth-order valence-electron chi connectivity index (χ4n) is 0.577. The van der Waals surface area contributed by atoms with Crippen LogP contribution in [0.1, 0.15) is 19.8 Å². The van der Waals surface area contributed by atoms with Gasteiger partial charge in [-0.1, -0.05) is 19.5 Å². The van der Waals surface area contributed by atoms with Gasteiger partial charge >= 0.3 is 18.9 Å². The summed E-state index contributed by atoms with van der Waals surface area (Å²) in [6.45, 7) is 2.17. The van der Waals surface area contributed by atoms with E-state index in [1.165, 1.54) is 12.8 Å². The molecule has 1 aromatic rings. The molecule has 0 fully saturated rings. The summed E-state index contributed by atoms with van der Waals surface area (Å²) < 4.78 is 5.95. The molecule has 5 heteroatoms. The first-order valence-corrected chi connectivity index (χ1v) is 5.56. The molecule has 0 saturated carbocycles. The minimum atomic E-state index is 0. The van der Waals surface area contributed by atoms with E-state index in [4.69, 9.17) is 4.42 Å². The minimum absolute atomic E-state index is 0. The Hall–Kier alpha value is 0.887. The van der Waals surface area contributed by atoms with Crippen LogP contribution in [0.4, 0.5) is 0 Å². The number of halogens is 1. The molecular weight excluding hydrogens is 280 g/mol. The van der Waals surface area contributed by atoms with Crippen molar-refractivity contribution in [1.29, 1.82) is 0 Å². The summed E-state index contributed by atoms with van der Waals surface area (Å²) in [6.07, 6.45) is 5.17. The van der Waals surface area contributed by atoms with Crippen molar-refractivity contribution in [2.75, 3.05) is 5.75 Å². The molecule has 0 N–H and O–H groups in total. The quantitative estimate of drug-likeness (QED) is 0.256. The van der Waals surface area contributed by atoms with Crippen molar-refractivity contribution in [2.24, 2.45) is 0 Å². The van der Waals surface area contributed by atoms with Crippen LogP contribution in [-0.2, 0) is 0 Å². The summed E-state index contributed by atoms with van der Waals surface area (Å²) in [7, 11) is 0. The molecule has 0 aromatic carbocycles. The van der Waals surface area contributed by atoms with Crippen LogP contribution in [0.3, 0.4) is 0 Å². The maximum absolute atomic E-state index is 5.21. The number of hydrogen-bond donors (Lipinski definition) is 0. The summed E-state index contributed by atoms with van der Waals surface area (Å²) in [6, 6.07) is 0. The number of hydrogen-bond acceptors (Lipinski definition) is 3. The molecule has 0 amide bonds. The van der Waals surface area contributed by atoms with Gasteiger partial charge in [0, 0.05) is 0 Å². The van der Waals surface area contributed by atoms with E-state index in [1.54, 1.807) is 11.8 Å². The van der Waals surface area contributed by atoms with Crippen molar-refractivity contribution in [2.45, 2.75) is 25.0 Å². The molecule has 0 saturated heterocycles. The standard InChI is InChI=1S/C7H9INOS.Li/c1-2-3-4-11-7-9-5-6(8)10-7;/h2-4H2,1H3;/q-1;+1. The number of oxazole rings is 1. The van der Waals surface area contributed by atoms with Gasteiger partial charge in [-0.15, -0.1) is 0 Å². The van der Waals surface area contributed by atoms with Gasteiger partial charge in [-0.3, -0.25) is 0 Å². The Morgan fingerprint density at radius 3 is 2.92 bits per heavy atom. The second kappa shape index (κ2) is 7.31. The molecular formula is C7H9ILiNOS. The van der Waals surface area contributed by atoms with Crippen LogP contribution in [0.15, 0.2) is 9.64 Å². The van der Waals surface area contributed by atoms with Crippen LogP contribution < -0.4 is 18.9 Å². The van der Waals surface area contributed by atoms with Crippen molar-refractivity contribution in [3.8, 4) is 0 Å². The second-order valence-electron chi connectivity index (χ2n) is 2.07. The van der Waals surface area contributed by atoms with E-state index in [-0.39, 0.29) is 18.9 Å². The van der Waals surface area contributed by atoms with Gasteiger partial charge in [0.05, 0.1) is 8.99 Å². The van der Waals surface area contributed by atoms with Crippen LogP contribution in [0.25, 0.3) is 0 Å². The predicted octanol–water partition coefficient (Wildman–Crippen LogP) is -0.0244. The van der Waals surface area contributed by atoms with Gasteiger partial charge in [-0.2, -0.15) is 11.8 Å². The Morgan fingerprint density at radius 1 is 1.67 bits per heavy atom. The smallest absolute Gasteiger partial charge is 0.531 e. The first kappa shape index (κ1) is 12.9. The number of rotatable bonds is 4. The summed E-state index contributed by atoms with van der Waals surface area (Å²) >= 11 is 3.72. The van der Waals surface area contributed by atoms with E-state index < -0.39 is 0 Å². The Balaban J connectivity index is 0.00000121. The molecule has 0 radical (unpaired) electrons. The maximum Gasteiger partial charge on any atom is 1.00 e. The Morgan fingerprint density at radius 2 is 2.42 bits per heavy atom. The first-order valence-electron chi connectivity index (χ1n) is 3.49. The average molecular weight is 289 g/mol. The number of nitrogens with zero attached hydrogens (tertiary/aromatic N) is 1. The zero-order valence-electron chi connectivity index (χ0n) is 7.26. The molecule has 1 aromatic heterocycles. The molecule has 0 atom stereocenters. The second-order valence-corrected chi connectivity index (χ2v) is 4.09. The largest absolute Gasteiger partial charge is 1.00 e. The number of unbranched alkanes of at least 4 members (excludes halogenated alkanes) is 1. The Labute approximate surface area is 103 Å². The van der Waals surface area contributed by atoms with Gasteiger partial charge in [0.25, 0.3) is 0 Å². The van der Waals surface area contributed by atoms with Gasteiger partial charge in [0.2, 0.25) is 0 Å². The van der Waals surface area contributed by atoms with E-state index in [9.17, 15) is 0 Å². The fourth-order valence-corrected chi connectivity index (χ4v) is 1.92. The van der Waals surface area contributed by atoms with Gasteiger partial charge in [-0.25, -0.2) is 0 Å². The average Bonchev–Trinajstić information content (AvgIpc) is 2.37. The van der Waals surface area contributed by atoms with Crippen molar-refractivity contribution < 1.29 is 23.3 Å². The first-order chi connectivity index (χ1) is 5.33.